The second kappa shape index (κ2) is 6.69. The Morgan fingerprint density at radius 2 is 2.25 bits per heavy atom. The summed E-state index contributed by atoms with van der Waals surface area (Å²) in [6, 6.07) is 0.324. The molecule has 0 spiro atoms. The van der Waals surface area contributed by atoms with Gasteiger partial charge >= 0.3 is 0 Å². The van der Waals surface area contributed by atoms with E-state index in [9.17, 15) is 5.11 Å². The Labute approximate surface area is 109 Å². The predicted octanol–water partition coefficient (Wildman–Crippen LogP) is 2.96. The highest BCUT2D eigenvalue weighted by Gasteiger charge is 2.19. The van der Waals surface area contributed by atoms with Crippen LogP contribution < -0.4 is 5.32 Å². The van der Waals surface area contributed by atoms with Crippen LogP contribution in [0.2, 0.25) is 0 Å². The molecule has 0 radical (unpaired) electrons. The molecule has 0 aromatic carbocycles. The minimum atomic E-state index is 0.141. The minimum absolute atomic E-state index is 0.141. The first-order valence-electron chi connectivity index (χ1n) is 5.56. The molecule has 3 unspecified atom stereocenters. The molecule has 16 heavy (non-hydrogen) atoms. The second-order valence-corrected chi connectivity index (χ2v) is 6.51. The van der Waals surface area contributed by atoms with Crippen molar-refractivity contribution in [1.82, 2.24) is 10.3 Å². The van der Waals surface area contributed by atoms with Gasteiger partial charge in [-0.1, -0.05) is 20.3 Å². The average Bonchev–Trinajstić information content (AvgIpc) is 2.71. The van der Waals surface area contributed by atoms with Crippen LogP contribution in [-0.2, 0) is 0 Å². The molecule has 1 heterocycles. The van der Waals surface area contributed by atoms with Crippen molar-refractivity contribution < 1.29 is 5.11 Å². The number of hydrogen-bond acceptors (Lipinski definition) is 4. The summed E-state index contributed by atoms with van der Waals surface area (Å²) >= 11 is 5.03. The van der Waals surface area contributed by atoms with Gasteiger partial charge < -0.3 is 10.4 Å². The standard InChI is InChI=1S/C11H19BrN2OS/c1-4-7(2)9(6-15)14-8(3)11-13-5-10(12)16-11/h5,7-9,14-15H,4,6H2,1-3H3. The number of aromatic nitrogens is 1. The number of aliphatic hydroxyl groups excluding tert-OH is 1. The van der Waals surface area contributed by atoms with Crippen molar-refractivity contribution in [1.29, 1.82) is 0 Å². The van der Waals surface area contributed by atoms with Crippen molar-refractivity contribution in [2.75, 3.05) is 6.61 Å². The van der Waals surface area contributed by atoms with Gasteiger partial charge in [0.1, 0.15) is 5.01 Å². The summed E-state index contributed by atoms with van der Waals surface area (Å²) in [5.41, 5.74) is 0. The maximum absolute atomic E-state index is 9.34. The summed E-state index contributed by atoms with van der Waals surface area (Å²) in [6.45, 7) is 6.54. The third-order valence-corrected chi connectivity index (χ3v) is 4.52. The highest BCUT2D eigenvalue weighted by Crippen LogP contribution is 2.25. The topological polar surface area (TPSA) is 45.1 Å². The summed E-state index contributed by atoms with van der Waals surface area (Å²) in [6.07, 6.45) is 2.88. The van der Waals surface area contributed by atoms with Gasteiger partial charge in [0.2, 0.25) is 0 Å². The van der Waals surface area contributed by atoms with Gasteiger partial charge in [-0.15, -0.1) is 11.3 Å². The lowest BCUT2D eigenvalue weighted by atomic mass is 9.99. The van der Waals surface area contributed by atoms with E-state index in [1.165, 1.54) is 0 Å². The first-order valence-corrected chi connectivity index (χ1v) is 7.17. The fourth-order valence-corrected chi connectivity index (χ4v) is 2.80. The van der Waals surface area contributed by atoms with Crippen LogP contribution in [0.25, 0.3) is 0 Å². The van der Waals surface area contributed by atoms with Gasteiger partial charge in [-0.3, -0.25) is 0 Å². The van der Waals surface area contributed by atoms with Gasteiger partial charge in [-0.25, -0.2) is 4.98 Å². The summed E-state index contributed by atoms with van der Waals surface area (Å²) in [7, 11) is 0. The lowest BCUT2D eigenvalue weighted by Crippen LogP contribution is -2.39. The van der Waals surface area contributed by atoms with E-state index < -0.39 is 0 Å². The molecule has 0 aliphatic heterocycles. The van der Waals surface area contributed by atoms with E-state index in [1.54, 1.807) is 11.3 Å². The fourth-order valence-electron chi connectivity index (χ4n) is 1.54. The van der Waals surface area contributed by atoms with E-state index in [1.807, 2.05) is 6.20 Å². The summed E-state index contributed by atoms with van der Waals surface area (Å²) in [4.78, 5) is 4.32. The van der Waals surface area contributed by atoms with Crippen LogP contribution in [0.5, 0.6) is 0 Å². The number of hydrogen-bond donors (Lipinski definition) is 2. The van der Waals surface area contributed by atoms with E-state index >= 15 is 0 Å². The number of thiazole rings is 1. The maximum Gasteiger partial charge on any atom is 0.110 e. The van der Waals surface area contributed by atoms with E-state index in [2.05, 4.69) is 47.0 Å². The number of halogens is 1. The molecule has 1 rings (SSSR count). The van der Waals surface area contributed by atoms with Crippen LogP contribution in [0.15, 0.2) is 9.98 Å². The zero-order valence-corrected chi connectivity index (χ0v) is 12.3. The molecule has 0 aliphatic rings. The predicted molar refractivity (Wildman–Crippen MR) is 71.7 cm³/mol. The lowest BCUT2D eigenvalue weighted by molar-refractivity contribution is 0.192. The van der Waals surface area contributed by atoms with Crippen LogP contribution in [0.3, 0.4) is 0 Å². The largest absolute Gasteiger partial charge is 0.395 e. The summed E-state index contributed by atoms with van der Waals surface area (Å²) < 4.78 is 1.04. The minimum Gasteiger partial charge on any atom is -0.395 e. The molecule has 2 N–H and O–H groups in total. The van der Waals surface area contributed by atoms with Crippen LogP contribution in [0.4, 0.5) is 0 Å². The second-order valence-electron chi connectivity index (χ2n) is 4.07. The highest BCUT2D eigenvalue weighted by molar-refractivity contribution is 9.11. The van der Waals surface area contributed by atoms with Crippen molar-refractivity contribution in [3.8, 4) is 0 Å². The number of rotatable bonds is 6. The van der Waals surface area contributed by atoms with Gasteiger partial charge in [0, 0.05) is 6.04 Å². The Morgan fingerprint density at radius 3 is 2.69 bits per heavy atom. The van der Waals surface area contributed by atoms with Gasteiger partial charge in [0.25, 0.3) is 0 Å². The third kappa shape index (κ3) is 3.80. The zero-order chi connectivity index (χ0) is 12.1. The Morgan fingerprint density at radius 1 is 1.56 bits per heavy atom. The van der Waals surface area contributed by atoms with Gasteiger partial charge in [-0.05, 0) is 28.8 Å². The SMILES string of the molecule is CCC(C)C(CO)NC(C)c1ncc(Br)s1. The van der Waals surface area contributed by atoms with Crippen LogP contribution in [0, 0.1) is 5.92 Å². The molecule has 0 bridgehead atoms. The third-order valence-electron chi connectivity index (χ3n) is 2.86. The van der Waals surface area contributed by atoms with Crippen LogP contribution in [0.1, 0.15) is 38.2 Å². The van der Waals surface area contributed by atoms with E-state index in [0.717, 1.165) is 15.2 Å². The van der Waals surface area contributed by atoms with E-state index in [0.29, 0.717) is 5.92 Å². The molecule has 3 nitrogen and oxygen atoms in total. The molecule has 0 fully saturated rings. The molecule has 0 aliphatic carbocycles. The van der Waals surface area contributed by atoms with Gasteiger partial charge in [0.05, 0.1) is 22.6 Å². The fraction of sp³-hybridized carbons (Fsp3) is 0.727. The van der Waals surface area contributed by atoms with Crippen molar-refractivity contribution in [3.05, 3.63) is 15.0 Å². The molecule has 5 heteroatoms. The molecule has 3 atom stereocenters. The van der Waals surface area contributed by atoms with Crippen LogP contribution >= 0.6 is 27.3 Å². The van der Waals surface area contributed by atoms with E-state index in [-0.39, 0.29) is 18.7 Å². The Kier molecular flexibility index (Phi) is 5.89. The van der Waals surface area contributed by atoms with Crippen molar-refractivity contribution >= 4 is 27.3 Å². The van der Waals surface area contributed by atoms with Crippen molar-refractivity contribution in [2.45, 2.75) is 39.3 Å². The van der Waals surface area contributed by atoms with Crippen LogP contribution in [-0.4, -0.2) is 22.7 Å². The van der Waals surface area contributed by atoms with Crippen molar-refractivity contribution in [3.63, 3.8) is 0 Å². The monoisotopic (exact) mass is 306 g/mol. The quantitative estimate of drug-likeness (QED) is 0.849. The summed E-state index contributed by atoms with van der Waals surface area (Å²) in [5.74, 6) is 0.468. The first kappa shape index (κ1) is 14.1. The molecule has 1 aromatic rings. The Hall–Kier alpha value is 0.0300. The molecule has 0 amide bonds. The number of aliphatic hydroxyl groups is 1. The molecule has 92 valence electrons. The van der Waals surface area contributed by atoms with Gasteiger partial charge in [-0.2, -0.15) is 0 Å². The molecule has 1 aromatic heterocycles. The lowest BCUT2D eigenvalue weighted by Gasteiger charge is -2.25. The molecular weight excluding hydrogens is 288 g/mol. The normalized spacial score (nSPS) is 17.1. The maximum atomic E-state index is 9.34. The number of nitrogens with zero attached hydrogens (tertiary/aromatic N) is 1. The highest BCUT2D eigenvalue weighted by atomic mass is 79.9. The average molecular weight is 307 g/mol. The van der Waals surface area contributed by atoms with E-state index in [4.69, 9.17) is 0 Å². The number of nitrogens with one attached hydrogen (secondary N) is 1. The molecule has 0 saturated heterocycles. The first-order chi connectivity index (χ1) is 7.58. The molecular formula is C11H19BrN2OS. The Bertz CT molecular complexity index is 319. The van der Waals surface area contributed by atoms with Gasteiger partial charge in [0.15, 0.2) is 0 Å². The van der Waals surface area contributed by atoms with Crippen molar-refractivity contribution in [2.24, 2.45) is 5.92 Å². The smallest absolute Gasteiger partial charge is 0.110 e. The summed E-state index contributed by atoms with van der Waals surface area (Å²) in [5, 5.41) is 13.8. The molecule has 0 saturated carbocycles. The Balaban J connectivity index is 2.58. The zero-order valence-electron chi connectivity index (χ0n) is 9.90.